The summed E-state index contributed by atoms with van der Waals surface area (Å²) in [6.07, 6.45) is 0. The van der Waals surface area contributed by atoms with E-state index in [2.05, 4.69) is 4.98 Å². The van der Waals surface area contributed by atoms with Crippen LogP contribution in [0.4, 0.5) is 0 Å². The number of benzene rings is 2. The largest absolute Gasteiger partial charge is 0.465 e. The van der Waals surface area contributed by atoms with Gasteiger partial charge in [-0.15, -0.1) is 11.3 Å². The van der Waals surface area contributed by atoms with Gasteiger partial charge in [-0.1, -0.05) is 53.7 Å². The van der Waals surface area contributed by atoms with Gasteiger partial charge < -0.3 is 4.74 Å². The zero-order valence-corrected chi connectivity index (χ0v) is 14.8. The van der Waals surface area contributed by atoms with Crippen LogP contribution < -0.4 is 0 Å². The first-order valence-electron chi connectivity index (χ1n) is 7.11. The molecule has 0 bridgehead atoms. The fourth-order valence-electron chi connectivity index (χ4n) is 2.13. The van der Waals surface area contributed by atoms with Gasteiger partial charge in [0.15, 0.2) is 4.34 Å². The molecule has 1 heterocycles. The standard InChI is InChI=1S/C17H14ClNO2S2/c1-2-21-16(20)15(11-6-4-3-5-7-11)23-17-19-13-10-12(18)8-9-14(13)22-17/h3-10,15H,2H2,1H3/t15-/m1/s1. The molecule has 23 heavy (non-hydrogen) atoms. The lowest BCUT2D eigenvalue weighted by molar-refractivity contribution is -0.142. The third-order valence-corrected chi connectivity index (χ3v) is 5.75. The molecule has 0 saturated carbocycles. The Labute approximate surface area is 147 Å². The minimum atomic E-state index is -0.424. The fourth-order valence-corrected chi connectivity index (χ4v) is 4.53. The molecule has 0 spiro atoms. The number of carbonyl (C=O) groups excluding carboxylic acids is 1. The molecular weight excluding hydrogens is 350 g/mol. The van der Waals surface area contributed by atoms with Gasteiger partial charge in [0, 0.05) is 5.02 Å². The van der Waals surface area contributed by atoms with Crippen molar-refractivity contribution < 1.29 is 9.53 Å². The van der Waals surface area contributed by atoms with Crippen LogP contribution in [-0.4, -0.2) is 17.6 Å². The molecule has 1 atom stereocenters. The van der Waals surface area contributed by atoms with Gasteiger partial charge in [-0.05, 0) is 30.7 Å². The fraction of sp³-hybridized carbons (Fsp3) is 0.176. The average molecular weight is 364 g/mol. The van der Waals surface area contributed by atoms with Crippen molar-refractivity contribution in [1.29, 1.82) is 0 Å². The van der Waals surface area contributed by atoms with Crippen molar-refractivity contribution in [1.82, 2.24) is 4.98 Å². The maximum absolute atomic E-state index is 12.3. The molecule has 0 aliphatic carbocycles. The van der Waals surface area contributed by atoms with Crippen LogP contribution >= 0.6 is 34.7 Å². The number of hydrogen-bond donors (Lipinski definition) is 0. The van der Waals surface area contributed by atoms with E-state index < -0.39 is 5.25 Å². The van der Waals surface area contributed by atoms with Crippen molar-refractivity contribution in [3.05, 3.63) is 59.1 Å². The third-order valence-electron chi connectivity index (χ3n) is 3.15. The summed E-state index contributed by atoms with van der Waals surface area (Å²) in [5, 5.41) is 0.233. The molecule has 0 aliphatic rings. The summed E-state index contributed by atoms with van der Waals surface area (Å²) in [5.74, 6) is -0.249. The Bertz CT molecular complexity index is 820. The van der Waals surface area contributed by atoms with Crippen molar-refractivity contribution in [3.8, 4) is 0 Å². The van der Waals surface area contributed by atoms with Crippen molar-refractivity contribution in [2.24, 2.45) is 0 Å². The monoisotopic (exact) mass is 363 g/mol. The first-order chi connectivity index (χ1) is 11.2. The molecule has 0 fully saturated rings. The summed E-state index contributed by atoms with van der Waals surface area (Å²) in [7, 11) is 0. The Morgan fingerprint density at radius 3 is 2.83 bits per heavy atom. The number of carbonyl (C=O) groups is 1. The third kappa shape index (κ3) is 3.86. The predicted molar refractivity (Wildman–Crippen MR) is 96.3 cm³/mol. The highest BCUT2D eigenvalue weighted by molar-refractivity contribution is 8.02. The summed E-state index contributed by atoms with van der Waals surface area (Å²) in [6, 6.07) is 15.2. The molecule has 0 aliphatic heterocycles. The maximum Gasteiger partial charge on any atom is 0.324 e. The first-order valence-corrected chi connectivity index (χ1v) is 9.19. The average Bonchev–Trinajstić information content (AvgIpc) is 2.95. The van der Waals surface area contributed by atoms with Crippen LogP contribution in [0.25, 0.3) is 10.2 Å². The zero-order chi connectivity index (χ0) is 16.2. The molecule has 0 amide bonds. The van der Waals surface area contributed by atoms with Gasteiger partial charge in [0.05, 0.1) is 16.8 Å². The second-order valence-electron chi connectivity index (χ2n) is 4.75. The molecule has 6 heteroatoms. The molecule has 118 valence electrons. The van der Waals surface area contributed by atoms with E-state index in [9.17, 15) is 4.79 Å². The maximum atomic E-state index is 12.3. The summed E-state index contributed by atoms with van der Waals surface area (Å²) in [5.41, 5.74) is 1.76. The van der Waals surface area contributed by atoms with Gasteiger partial charge in [0.1, 0.15) is 5.25 Å². The Morgan fingerprint density at radius 2 is 2.09 bits per heavy atom. The number of hydrogen-bond acceptors (Lipinski definition) is 5. The molecule has 0 radical (unpaired) electrons. The summed E-state index contributed by atoms with van der Waals surface area (Å²) in [6.45, 7) is 2.17. The van der Waals surface area contributed by atoms with Crippen LogP contribution in [0.5, 0.6) is 0 Å². The molecule has 0 unspecified atom stereocenters. The SMILES string of the molecule is CCOC(=O)[C@H](Sc1nc2cc(Cl)ccc2s1)c1ccccc1. The number of rotatable bonds is 5. The van der Waals surface area contributed by atoms with Gasteiger partial charge in [0.25, 0.3) is 0 Å². The van der Waals surface area contributed by atoms with E-state index in [1.165, 1.54) is 11.8 Å². The van der Waals surface area contributed by atoms with Crippen LogP contribution in [0.1, 0.15) is 17.7 Å². The minimum Gasteiger partial charge on any atom is -0.465 e. The zero-order valence-electron chi connectivity index (χ0n) is 12.4. The van der Waals surface area contributed by atoms with Gasteiger partial charge in [-0.3, -0.25) is 4.79 Å². The summed E-state index contributed by atoms with van der Waals surface area (Å²) in [4.78, 5) is 16.9. The number of fused-ring (bicyclic) bond motifs is 1. The van der Waals surface area contributed by atoms with E-state index in [0.717, 1.165) is 20.1 Å². The highest BCUT2D eigenvalue weighted by atomic mass is 35.5. The molecule has 2 aromatic carbocycles. The Morgan fingerprint density at radius 1 is 1.30 bits per heavy atom. The lowest BCUT2D eigenvalue weighted by Gasteiger charge is -2.13. The van der Waals surface area contributed by atoms with Crippen LogP contribution in [0, 0.1) is 0 Å². The number of halogens is 1. The topological polar surface area (TPSA) is 39.2 Å². The van der Waals surface area contributed by atoms with E-state index in [1.54, 1.807) is 11.3 Å². The normalized spacial score (nSPS) is 12.3. The number of ether oxygens (including phenoxy) is 1. The number of thiazole rings is 1. The van der Waals surface area contributed by atoms with Crippen molar-refractivity contribution in [2.45, 2.75) is 16.5 Å². The Kier molecular flexibility index (Phi) is 5.20. The molecule has 3 nitrogen and oxygen atoms in total. The molecule has 3 aromatic rings. The Balaban J connectivity index is 1.91. The minimum absolute atomic E-state index is 0.249. The predicted octanol–water partition coefficient (Wildman–Crippen LogP) is 5.35. The summed E-state index contributed by atoms with van der Waals surface area (Å²) >= 11 is 8.97. The summed E-state index contributed by atoms with van der Waals surface area (Å²) < 4.78 is 7.09. The van der Waals surface area contributed by atoms with Gasteiger partial charge in [-0.2, -0.15) is 0 Å². The van der Waals surface area contributed by atoms with E-state index in [1.807, 2.05) is 55.5 Å². The smallest absolute Gasteiger partial charge is 0.324 e. The number of nitrogens with zero attached hydrogens (tertiary/aromatic N) is 1. The van der Waals surface area contributed by atoms with E-state index in [0.29, 0.717) is 11.6 Å². The van der Waals surface area contributed by atoms with Crippen LogP contribution in [0.3, 0.4) is 0 Å². The molecule has 3 rings (SSSR count). The highest BCUT2D eigenvalue weighted by Gasteiger charge is 2.24. The number of esters is 1. The lowest BCUT2D eigenvalue weighted by atomic mass is 10.1. The number of thioether (sulfide) groups is 1. The van der Waals surface area contributed by atoms with Crippen LogP contribution in [0.15, 0.2) is 52.9 Å². The molecule has 0 N–H and O–H groups in total. The second-order valence-corrected chi connectivity index (χ2v) is 7.57. The van der Waals surface area contributed by atoms with Crippen LogP contribution in [0.2, 0.25) is 5.02 Å². The van der Waals surface area contributed by atoms with Gasteiger partial charge in [-0.25, -0.2) is 4.98 Å². The second kappa shape index (κ2) is 7.34. The lowest BCUT2D eigenvalue weighted by Crippen LogP contribution is -2.13. The van der Waals surface area contributed by atoms with Crippen LogP contribution in [-0.2, 0) is 9.53 Å². The van der Waals surface area contributed by atoms with E-state index >= 15 is 0 Å². The molecular formula is C17H14ClNO2S2. The van der Waals surface area contributed by atoms with E-state index in [4.69, 9.17) is 16.3 Å². The van der Waals surface area contributed by atoms with Gasteiger partial charge in [0.2, 0.25) is 0 Å². The van der Waals surface area contributed by atoms with Crippen molar-refractivity contribution in [2.75, 3.05) is 6.61 Å². The Hall–Kier alpha value is -1.56. The van der Waals surface area contributed by atoms with Gasteiger partial charge >= 0.3 is 5.97 Å². The van der Waals surface area contributed by atoms with Crippen molar-refractivity contribution >= 4 is 50.9 Å². The molecule has 1 aromatic heterocycles. The first kappa shape index (κ1) is 16.3. The van der Waals surface area contributed by atoms with E-state index in [-0.39, 0.29) is 5.97 Å². The number of aromatic nitrogens is 1. The highest BCUT2D eigenvalue weighted by Crippen LogP contribution is 2.40. The van der Waals surface area contributed by atoms with Crippen molar-refractivity contribution in [3.63, 3.8) is 0 Å². The molecule has 0 saturated heterocycles. The quantitative estimate of drug-likeness (QED) is 0.452.